The van der Waals surface area contributed by atoms with Crippen LogP contribution < -0.4 is 10.6 Å². The number of ether oxygens (including phenoxy) is 1. The Labute approximate surface area is 95.4 Å². The van der Waals surface area contributed by atoms with Crippen molar-refractivity contribution < 1.29 is 19.4 Å². The van der Waals surface area contributed by atoms with E-state index in [1.54, 1.807) is 0 Å². The Balaban J connectivity index is 3.60. The minimum absolute atomic E-state index is 0.223. The summed E-state index contributed by atoms with van der Waals surface area (Å²) in [7, 11) is 0. The standard InChI is InChI=1S/C10H20N2O4/c1-3-16-6-4-5-11-7-9(10(14)15)12-8(2)13/h9,11H,3-7H2,1-2H3,(H,12,13)(H,14,15). The number of carboxylic acid groups (broad SMARTS) is 1. The minimum Gasteiger partial charge on any atom is -0.480 e. The van der Waals surface area contributed by atoms with Gasteiger partial charge in [-0.15, -0.1) is 0 Å². The number of carbonyl (C=O) groups excluding carboxylic acids is 1. The van der Waals surface area contributed by atoms with Crippen molar-refractivity contribution in [3.63, 3.8) is 0 Å². The zero-order valence-corrected chi connectivity index (χ0v) is 9.78. The molecule has 0 aliphatic rings. The second-order valence-electron chi connectivity index (χ2n) is 3.35. The maximum Gasteiger partial charge on any atom is 0.327 e. The highest BCUT2D eigenvalue weighted by atomic mass is 16.5. The van der Waals surface area contributed by atoms with E-state index in [4.69, 9.17) is 9.84 Å². The van der Waals surface area contributed by atoms with Crippen LogP contribution >= 0.6 is 0 Å². The van der Waals surface area contributed by atoms with Gasteiger partial charge in [-0.2, -0.15) is 0 Å². The van der Waals surface area contributed by atoms with Gasteiger partial charge in [-0.05, 0) is 19.9 Å². The molecule has 0 aromatic heterocycles. The molecule has 6 nitrogen and oxygen atoms in total. The van der Waals surface area contributed by atoms with E-state index < -0.39 is 12.0 Å². The van der Waals surface area contributed by atoms with Crippen molar-refractivity contribution in [3.05, 3.63) is 0 Å². The predicted octanol–water partition coefficient (Wildman–Crippen LogP) is -0.408. The van der Waals surface area contributed by atoms with Crippen LogP contribution in [0.3, 0.4) is 0 Å². The van der Waals surface area contributed by atoms with E-state index >= 15 is 0 Å². The van der Waals surface area contributed by atoms with Crippen LogP contribution in [0.2, 0.25) is 0 Å². The zero-order valence-electron chi connectivity index (χ0n) is 9.78. The molecule has 1 amide bonds. The number of aliphatic carboxylic acids is 1. The normalized spacial score (nSPS) is 12.1. The molecule has 0 aliphatic heterocycles. The van der Waals surface area contributed by atoms with Crippen molar-refractivity contribution in [1.29, 1.82) is 0 Å². The molecule has 1 unspecified atom stereocenters. The second-order valence-corrected chi connectivity index (χ2v) is 3.35. The van der Waals surface area contributed by atoms with E-state index in [1.807, 2.05) is 6.92 Å². The lowest BCUT2D eigenvalue weighted by Crippen LogP contribution is -2.46. The third-order valence-corrected chi connectivity index (χ3v) is 1.87. The molecule has 3 N–H and O–H groups in total. The number of carbonyl (C=O) groups is 2. The number of hydrogen-bond acceptors (Lipinski definition) is 4. The molecule has 0 fully saturated rings. The van der Waals surface area contributed by atoms with Crippen LogP contribution in [0.15, 0.2) is 0 Å². The third kappa shape index (κ3) is 8.19. The number of nitrogens with one attached hydrogen (secondary N) is 2. The lowest BCUT2D eigenvalue weighted by molar-refractivity contribution is -0.141. The molecule has 0 saturated carbocycles. The summed E-state index contributed by atoms with van der Waals surface area (Å²) < 4.78 is 5.13. The first-order valence-electron chi connectivity index (χ1n) is 5.36. The van der Waals surface area contributed by atoms with Crippen molar-refractivity contribution in [1.82, 2.24) is 10.6 Å². The fourth-order valence-electron chi connectivity index (χ4n) is 1.14. The summed E-state index contributed by atoms with van der Waals surface area (Å²) in [4.78, 5) is 21.4. The molecule has 1 atom stereocenters. The zero-order chi connectivity index (χ0) is 12.4. The van der Waals surface area contributed by atoms with Gasteiger partial charge in [-0.1, -0.05) is 0 Å². The van der Waals surface area contributed by atoms with E-state index in [2.05, 4.69) is 10.6 Å². The summed E-state index contributed by atoms with van der Waals surface area (Å²) in [6.07, 6.45) is 0.820. The van der Waals surface area contributed by atoms with Gasteiger partial charge < -0.3 is 20.5 Å². The van der Waals surface area contributed by atoms with Crippen LogP contribution in [-0.2, 0) is 14.3 Å². The van der Waals surface area contributed by atoms with Gasteiger partial charge in [0.2, 0.25) is 5.91 Å². The van der Waals surface area contributed by atoms with Gasteiger partial charge in [-0.25, -0.2) is 4.79 Å². The van der Waals surface area contributed by atoms with Gasteiger partial charge in [0.05, 0.1) is 0 Å². The third-order valence-electron chi connectivity index (χ3n) is 1.87. The van der Waals surface area contributed by atoms with Gasteiger partial charge in [0.15, 0.2) is 0 Å². The lowest BCUT2D eigenvalue weighted by Gasteiger charge is -2.13. The van der Waals surface area contributed by atoms with Crippen LogP contribution in [0, 0.1) is 0 Å². The van der Waals surface area contributed by atoms with Gasteiger partial charge in [-0.3, -0.25) is 4.79 Å². The fraction of sp³-hybridized carbons (Fsp3) is 0.800. The lowest BCUT2D eigenvalue weighted by atomic mass is 10.3. The topological polar surface area (TPSA) is 87.7 Å². The van der Waals surface area contributed by atoms with Gasteiger partial charge in [0.25, 0.3) is 0 Å². The summed E-state index contributed by atoms with van der Waals surface area (Å²) >= 11 is 0. The first kappa shape index (κ1) is 14.9. The van der Waals surface area contributed by atoms with E-state index in [0.717, 1.165) is 6.42 Å². The quantitative estimate of drug-likeness (QED) is 0.470. The van der Waals surface area contributed by atoms with Crippen LogP contribution in [-0.4, -0.2) is 49.3 Å². The summed E-state index contributed by atoms with van der Waals surface area (Å²) in [5.41, 5.74) is 0. The van der Waals surface area contributed by atoms with Gasteiger partial charge in [0.1, 0.15) is 6.04 Å². The van der Waals surface area contributed by atoms with Gasteiger partial charge >= 0.3 is 5.97 Å². The molecule has 6 heteroatoms. The molecule has 94 valence electrons. The van der Waals surface area contributed by atoms with Crippen molar-refractivity contribution in [3.8, 4) is 0 Å². The van der Waals surface area contributed by atoms with Crippen LogP contribution in [0.1, 0.15) is 20.3 Å². The van der Waals surface area contributed by atoms with Crippen LogP contribution in [0.4, 0.5) is 0 Å². The van der Waals surface area contributed by atoms with Crippen molar-refractivity contribution >= 4 is 11.9 Å². The first-order chi connectivity index (χ1) is 7.57. The fourth-order valence-corrected chi connectivity index (χ4v) is 1.14. The maximum atomic E-state index is 10.7. The van der Waals surface area contributed by atoms with E-state index in [1.165, 1.54) is 6.92 Å². The minimum atomic E-state index is -1.03. The first-order valence-corrected chi connectivity index (χ1v) is 5.36. The molecule has 0 radical (unpaired) electrons. The number of carboxylic acids is 1. The number of hydrogen-bond donors (Lipinski definition) is 3. The molecule has 0 spiro atoms. The monoisotopic (exact) mass is 232 g/mol. The van der Waals surface area contributed by atoms with Crippen molar-refractivity contribution in [2.45, 2.75) is 26.3 Å². The Hall–Kier alpha value is -1.14. The molecule has 0 heterocycles. The molecule has 0 aromatic rings. The molecule has 0 aliphatic carbocycles. The average molecular weight is 232 g/mol. The summed E-state index contributed by atoms with van der Waals surface area (Å²) in [6.45, 7) is 5.45. The predicted molar refractivity (Wildman–Crippen MR) is 59.2 cm³/mol. The van der Waals surface area contributed by atoms with Gasteiger partial charge in [0, 0.05) is 26.7 Å². The Kier molecular flexibility index (Phi) is 8.46. The van der Waals surface area contributed by atoms with Crippen molar-refractivity contribution in [2.24, 2.45) is 0 Å². The SMILES string of the molecule is CCOCCCNCC(NC(C)=O)C(=O)O. The second kappa shape index (κ2) is 9.11. The summed E-state index contributed by atoms with van der Waals surface area (Å²) in [5.74, 6) is -1.38. The number of rotatable bonds is 9. The Morgan fingerprint density at radius 1 is 1.44 bits per heavy atom. The molecule has 0 saturated heterocycles. The summed E-state index contributed by atoms with van der Waals surface area (Å²) in [5, 5.41) is 14.1. The molecule has 0 rings (SSSR count). The average Bonchev–Trinajstić information content (AvgIpc) is 2.20. The number of amides is 1. The molecule has 16 heavy (non-hydrogen) atoms. The molecular weight excluding hydrogens is 212 g/mol. The largest absolute Gasteiger partial charge is 0.480 e. The Bertz CT molecular complexity index is 221. The van der Waals surface area contributed by atoms with Crippen molar-refractivity contribution in [2.75, 3.05) is 26.3 Å². The highest BCUT2D eigenvalue weighted by Crippen LogP contribution is 1.84. The summed E-state index contributed by atoms with van der Waals surface area (Å²) in [6, 6.07) is -0.871. The van der Waals surface area contributed by atoms with Crippen LogP contribution in [0.5, 0.6) is 0 Å². The Morgan fingerprint density at radius 3 is 2.62 bits per heavy atom. The molecular formula is C10H20N2O4. The van der Waals surface area contributed by atoms with E-state index in [9.17, 15) is 9.59 Å². The molecule has 0 aromatic carbocycles. The molecule has 0 bridgehead atoms. The van der Waals surface area contributed by atoms with E-state index in [0.29, 0.717) is 19.8 Å². The van der Waals surface area contributed by atoms with E-state index in [-0.39, 0.29) is 12.5 Å². The Morgan fingerprint density at radius 2 is 2.12 bits per heavy atom. The smallest absolute Gasteiger partial charge is 0.327 e. The highest BCUT2D eigenvalue weighted by molar-refractivity contribution is 5.82. The van der Waals surface area contributed by atoms with Crippen LogP contribution in [0.25, 0.3) is 0 Å². The maximum absolute atomic E-state index is 10.7. The highest BCUT2D eigenvalue weighted by Gasteiger charge is 2.16.